The van der Waals surface area contributed by atoms with Crippen molar-refractivity contribution in [1.82, 2.24) is 5.32 Å². The van der Waals surface area contributed by atoms with Crippen molar-refractivity contribution in [2.75, 3.05) is 13.2 Å². The number of rotatable bonds is 8. The highest BCUT2D eigenvalue weighted by molar-refractivity contribution is 5.32. The van der Waals surface area contributed by atoms with Crippen LogP contribution in [0.2, 0.25) is 0 Å². The summed E-state index contributed by atoms with van der Waals surface area (Å²) in [6.45, 7) is 5.15. The van der Waals surface area contributed by atoms with Gasteiger partial charge in [0.2, 0.25) is 0 Å². The Balaban J connectivity index is 2.37. The number of nitro groups is 1. The molecular formula is C14H22N2O3. The number of hydrogen-bond acceptors (Lipinski definition) is 4. The lowest BCUT2D eigenvalue weighted by atomic mass is 10.0. The van der Waals surface area contributed by atoms with Crippen LogP contribution in [-0.2, 0) is 6.42 Å². The SMILES string of the molecule is CC(C)CC(CO)NCCc1ccc([N+](=O)[O-])cc1. The zero-order chi connectivity index (χ0) is 14.3. The molecule has 0 aliphatic rings. The second-order valence-electron chi connectivity index (χ2n) is 5.14. The van der Waals surface area contributed by atoms with Crippen molar-refractivity contribution in [2.24, 2.45) is 5.92 Å². The summed E-state index contributed by atoms with van der Waals surface area (Å²) in [6, 6.07) is 6.71. The van der Waals surface area contributed by atoms with E-state index in [0.717, 1.165) is 24.9 Å². The average molecular weight is 266 g/mol. The third kappa shape index (κ3) is 5.81. The number of nitrogens with one attached hydrogen (secondary N) is 1. The second kappa shape index (κ2) is 7.86. The number of non-ortho nitro benzene ring substituents is 1. The minimum Gasteiger partial charge on any atom is -0.395 e. The van der Waals surface area contributed by atoms with E-state index < -0.39 is 4.92 Å². The Kier molecular flexibility index (Phi) is 6.45. The van der Waals surface area contributed by atoms with E-state index >= 15 is 0 Å². The number of hydrogen-bond donors (Lipinski definition) is 2. The molecule has 0 saturated carbocycles. The first-order valence-electron chi connectivity index (χ1n) is 6.60. The molecule has 1 aromatic carbocycles. The zero-order valence-electron chi connectivity index (χ0n) is 11.5. The Morgan fingerprint density at radius 1 is 1.32 bits per heavy atom. The molecule has 0 heterocycles. The van der Waals surface area contributed by atoms with Gasteiger partial charge in [0.1, 0.15) is 0 Å². The van der Waals surface area contributed by atoms with Crippen LogP contribution in [0, 0.1) is 16.0 Å². The van der Waals surface area contributed by atoms with Crippen LogP contribution < -0.4 is 5.32 Å². The van der Waals surface area contributed by atoms with E-state index in [4.69, 9.17) is 0 Å². The normalized spacial score (nSPS) is 12.6. The molecule has 1 atom stereocenters. The fourth-order valence-corrected chi connectivity index (χ4v) is 2.00. The van der Waals surface area contributed by atoms with Gasteiger partial charge >= 0.3 is 0 Å². The van der Waals surface area contributed by atoms with Gasteiger partial charge in [0.15, 0.2) is 0 Å². The Morgan fingerprint density at radius 2 is 1.95 bits per heavy atom. The lowest BCUT2D eigenvalue weighted by Gasteiger charge is -2.18. The molecule has 0 aliphatic carbocycles. The topological polar surface area (TPSA) is 75.4 Å². The highest BCUT2D eigenvalue weighted by atomic mass is 16.6. The van der Waals surface area contributed by atoms with Crippen LogP contribution in [0.4, 0.5) is 5.69 Å². The minimum atomic E-state index is -0.396. The fraction of sp³-hybridized carbons (Fsp3) is 0.571. The van der Waals surface area contributed by atoms with Crippen molar-refractivity contribution in [2.45, 2.75) is 32.7 Å². The van der Waals surface area contributed by atoms with E-state index in [1.165, 1.54) is 12.1 Å². The van der Waals surface area contributed by atoms with Crippen molar-refractivity contribution in [3.05, 3.63) is 39.9 Å². The van der Waals surface area contributed by atoms with Crippen molar-refractivity contribution < 1.29 is 10.0 Å². The smallest absolute Gasteiger partial charge is 0.269 e. The van der Waals surface area contributed by atoms with Gasteiger partial charge in [-0.25, -0.2) is 0 Å². The van der Waals surface area contributed by atoms with Crippen LogP contribution in [0.25, 0.3) is 0 Å². The van der Waals surface area contributed by atoms with Gasteiger partial charge in [0.05, 0.1) is 11.5 Å². The molecule has 2 N–H and O–H groups in total. The lowest BCUT2D eigenvalue weighted by Crippen LogP contribution is -2.35. The van der Waals surface area contributed by atoms with Gasteiger partial charge in [0.25, 0.3) is 5.69 Å². The van der Waals surface area contributed by atoms with Crippen LogP contribution in [0.15, 0.2) is 24.3 Å². The van der Waals surface area contributed by atoms with Crippen molar-refractivity contribution in [3.63, 3.8) is 0 Å². The van der Waals surface area contributed by atoms with E-state index in [1.54, 1.807) is 12.1 Å². The van der Waals surface area contributed by atoms with E-state index in [-0.39, 0.29) is 18.3 Å². The molecule has 5 nitrogen and oxygen atoms in total. The van der Waals surface area contributed by atoms with Crippen LogP contribution in [0.3, 0.4) is 0 Å². The van der Waals surface area contributed by atoms with Gasteiger partial charge < -0.3 is 10.4 Å². The summed E-state index contributed by atoms with van der Waals surface area (Å²) in [7, 11) is 0. The predicted octanol–water partition coefficient (Wildman–Crippen LogP) is 2.13. The summed E-state index contributed by atoms with van der Waals surface area (Å²) < 4.78 is 0. The molecule has 0 spiro atoms. The maximum Gasteiger partial charge on any atom is 0.269 e. The molecule has 0 bridgehead atoms. The maximum atomic E-state index is 10.5. The van der Waals surface area contributed by atoms with Crippen LogP contribution >= 0.6 is 0 Å². The fourth-order valence-electron chi connectivity index (χ4n) is 2.00. The Hall–Kier alpha value is -1.46. The van der Waals surface area contributed by atoms with Crippen molar-refractivity contribution >= 4 is 5.69 Å². The number of nitrogens with zero attached hydrogens (tertiary/aromatic N) is 1. The first-order chi connectivity index (χ1) is 9.02. The number of aliphatic hydroxyl groups is 1. The average Bonchev–Trinajstić information content (AvgIpc) is 2.37. The molecular weight excluding hydrogens is 244 g/mol. The van der Waals surface area contributed by atoms with Gasteiger partial charge in [-0.15, -0.1) is 0 Å². The molecule has 106 valence electrons. The van der Waals surface area contributed by atoms with E-state index in [2.05, 4.69) is 19.2 Å². The Bertz CT molecular complexity index is 390. The molecule has 1 unspecified atom stereocenters. The molecule has 1 rings (SSSR count). The minimum absolute atomic E-state index is 0.116. The maximum absolute atomic E-state index is 10.5. The van der Waals surface area contributed by atoms with Crippen molar-refractivity contribution in [1.29, 1.82) is 0 Å². The van der Waals surface area contributed by atoms with E-state index in [9.17, 15) is 15.2 Å². The standard InChI is InChI=1S/C14H22N2O3/c1-11(2)9-13(10-17)15-8-7-12-3-5-14(6-4-12)16(18)19/h3-6,11,13,15,17H,7-10H2,1-2H3. The molecule has 0 radical (unpaired) electrons. The quantitative estimate of drug-likeness (QED) is 0.558. The third-order valence-corrected chi connectivity index (χ3v) is 2.97. The molecule has 19 heavy (non-hydrogen) atoms. The summed E-state index contributed by atoms with van der Waals surface area (Å²) in [4.78, 5) is 10.1. The van der Waals surface area contributed by atoms with E-state index in [1.807, 2.05) is 0 Å². The Labute approximate surface area is 113 Å². The van der Waals surface area contributed by atoms with Gasteiger partial charge in [-0.05, 0) is 30.9 Å². The van der Waals surface area contributed by atoms with Gasteiger partial charge in [-0.2, -0.15) is 0 Å². The zero-order valence-corrected chi connectivity index (χ0v) is 11.5. The summed E-state index contributed by atoms with van der Waals surface area (Å²) in [5.74, 6) is 0.545. The van der Waals surface area contributed by atoms with Crippen LogP contribution in [-0.4, -0.2) is 29.2 Å². The summed E-state index contributed by atoms with van der Waals surface area (Å²) in [6.07, 6.45) is 1.74. The van der Waals surface area contributed by atoms with E-state index in [0.29, 0.717) is 5.92 Å². The molecule has 1 aromatic rings. The molecule has 0 aromatic heterocycles. The first-order valence-corrected chi connectivity index (χ1v) is 6.60. The van der Waals surface area contributed by atoms with Gasteiger partial charge in [-0.3, -0.25) is 10.1 Å². The lowest BCUT2D eigenvalue weighted by molar-refractivity contribution is -0.384. The van der Waals surface area contributed by atoms with Crippen LogP contribution in [0.1, 0.15) is 25.8 Å². The Morgan fingerprint density at radius 3 is 2.42 bits per heavy atom. The number of benzene rings is 1. The predicted molar refractivity (Wildman–Crippen MR) is 75.1 cm³/mol. The first kappa shape index (κ1) is 15.6. The molecule has 0 saturated heterocycles. The molecule has 0 fully saturated rings. The monoisotopic (exact) mass is 266 g/mol. The summed E-state index contributed by atoms with van der Waals surface area (Å²) in [5.41, 5.74) is 1.17. The van der Waals surface area contributed by atoms with Gasteiger partial charge in [-0.1, -0.05) is 26.0 Å². The van der Waals surface area contributed by atoms with Gasteiger partial charge in [0, 0.05) is 18.2 Å². The highest BCUT2D eigenvalue weighted by Gasteiger charge is 2.09. The summed E-state index contributed by atoms with van der Waals surface area (Å²) in [5, 5.41) is 23.1. The second-order valence-corrected chi connectivity index (χ2v) is 5.14. The van der Waals surface area contributed by atoms with Crippen molar-refractivity contribution in [3.8, 4) is 0 Å². The number of nitro benzene ring substituents is 1. The molecule has 5 heteroatoms. The largest absolute Gasteiger partial charge is 0.395 e. The molecule has 0 aliphatic heterocycles. The van der Waals surface area contributed by atoms with Crippen LogP contribution in [0.5, 0.6) is 0 Å². The summed E-state index contributed by atoms with van der Waals surface area (Å²) >= 11 is 0. The molecule has 0 amide bonds. The third-order valence-electron chi connectivity index (χ3n) is 2.97. The number of aliphatic hydroxyl groups excluding tert-OH is 1. The highest BCUT2D eigenvalue weighted by Crippen LogP contribution is 2.12.